The van der Waals surface area contributed by atoms with Gasteiger partial charge in [0, 0.05) is 17.9 Å². The van der Waals surface area contributed by atoms with Crippen LogP contribution in [0.2, 0.25) is 5.02 Å². The number of H-pyrrole nitrogens is 1. The van der Waals surface area contributed by atoms with Gasteiger partial charge in [-0.05, 0) is 24.1 Å². The van der Waals surface area contributed by atoms with Crippen LogP contribution in [0, 0.1) is 0 Å². The van der Waals surface area contributed by atoms with Crippen molar-refractivity contribution in [2.75, 3.05) is 0 Å². The Bertz CT molecular complexity index is 465. The predicted molar refractivity (Wildman–Crippen MR) is 64.6 cm³/mol. The van der Waals surface area contributed by atoms with Gasteiger partial charge in [0.15, 0.2) is 5.82 Å². The highest BCUT2D eigenvalue weighted by atomic mass is 35.5. The number of aryl methyl sites for hydroxylation is 1. The Labute approximate surface area is 99.9 Å². The zero-order valence-corrected chi connectivity index (χ0v) is 9.96. The minimum atomic E-state index is 0.747. The van der Waals surface area contributed by atoms with Gasteiger partial charge in [0.25, 0.3) is 0 Å². The van der Waals surface area contributed by atoms with Gasteiger partial charge in [0.1, 0.15) is 5.82 Å². The summed E-state index contributed by atoms with van der Waals surface area (Å²) in [4.78, 5) is 4.42. The van der Waals surface area contributed by atoms with E-state index < -0.39 is 0 Å². The van der Waals surface area contributed by atoms with Gasteiger partial charge in [-0.25, -0.2) is 4.98 Å². The first-order valence-corrected chi connectivity index (χ1v) is 5.80. The quantitative estimate of drug-likeness (QED) is 0.885. The average Bonchev–Trinajstić information content (AvgIpc) is 2.66. The molecule has 84 valence electrons. The molecule has 2 rings (SSSR count). The lowest BCUT2D eigenvalue weighted by Gasteiger charge is -1.97. The second kappa shape index (κ2) is 5.12. The van der Waals surface area contributed by atoms with Gasteiger partial charge in [-0.2, -0.15) is 5.10 Å². The van der Waals surface area contributed by atoms with E-state index in [1.54, 1.807) is 0 Å². The maximum atomic E-state index is 5.92. The smallest absolute Gasteiger partial charge is 0.150 e. The number of halogens is 1. The summed E-state index contributed by atoms with van der Waals surface area (Å²) in [6.45, 7) is 2.12. The number of aromatic nitrogens is 3. The minimum absolute atomic E-state index is 0.747. The summed E-state index contributed by atoms with van der Waals surface area (Å²) in [5.41, 5.74) is 1.15. The van der Waals surface area contributed by atoms with E-state index >= 15 is 0 Å². The third-order valence-electron chi connectivity index (χ3n) is 2.31. The molecule has 0 unspecified atom stereocenters. The number of benzene rings is 1. The molecule has 1 aromatic heterocycles. The van der Waals surface area contributed by atoms with Crippen LogP contribution in [0.3, 0.4) is 0 Å². The zero-order valence-electron chi connectivity index (χ0n) is 9.20. The summed E-state index contributed by atoms with van der Waals surface area (Å²) in [7, 11) is 0. The predicted octanol–water partition coefficient (Wildman–Crippen LogP) is 3.00. The van der Waals surface area contributed by atoms with E-state index in [2.05, 4.69) is 22.1 Å². The first kappa shape index (κ1) is 11.1. The lowest BCUT2D eigenvalue weighted by molar-refractivity contribution is 0.841. The molecule has 0 saturated heterocycles. The van der Waals surface area contributed by atoms with Crippen LogP contribution in [0.1, 0.15) is 30.6 Å². The Morgan fingerprint density at radius 2 is 2.25 bits per heavy atom. The van der Waals surface area contributed by atoms with E-state index in [9.17, 15) is 0 Å². The molecule has 0 fully saturated rings. The Balaban J connectivity index is 2.08. The Morgan fingerprint density at radius 1 is 1.38 bits per heavy atom. The zero-order chi connectivity index (χ0) is 11.4. The fraction of sp³-hybridized carbons (Fsp3) is 0.333. The first-order valence-electron chi connectivity index (χ1n) is 5.42. The lowest BCUT2D eigenvalue weighted by atomic mass is 10.1. The molecule has 0 aliphatic rings. The van der Waals surface area contributed by atoms with E-state index in [-0.39, 0.29) is 0 Å². The molecular weight excluding hydrogens is 222 g/mol. The fourth-order valence-corrected chi connectivity index (χ4v) is 1.80. The second-order valence-corrected chi connectivity index (χ2v) is 4.19. The third kappa shape index (κ3) is 2.83. The van der Waals surface area contributed by atoms with Crippen LogP contribution in [0.5, 0.6) is 0 Å². The third-order valence-corrected chi connectivity index (χ3v) is 2.55. The molecule has 1 aromatic carbocycles. The van der Waals surface area contributed by atoms with Crippen molar-refractivity contribution in [3.05, 3.63) is 46.5 Å². The van der Waals surface area contributed by atoms with E-state index in [0.717, 1.165) is 41.5 Å². The molecule has 1 heterocycles. The van der Waals surface area contributed by atoms with Gasteiger partial charge in [0.2, 0.25) is 0 Å². The molecular formula is C12H14ClN3. The largest absolute Gasteiger partial charge is 0.263 e. The maximum absolute atomic E-state index is 5.92. The highest BCUT2D eigenvalue weighted by Gasteiger charge is 2.03. The molecule has 1 N–H and O–H groups in total. The van der Waals surface area contributed by atoms with E-state index in [4.69, 9.17) is 11.6 Å². The van der Waals surface area contributed by atoms with Crippen LogP contribution in [0.15, 0.2) is 24.3 Å². The molecule has 0 radical (unpaired) electrons. The van der Waals surface area contributed by atoms with Gasteiger partial charge in [-0.3, -0.25) is 5.10 Å². The summed E-state index contributed by atoms with van der Waals surface area (Å²) < 4.78 is 0. The monoisotopic (exact) mass is 235 g/mol. The minimum Gasteiger partial charge on any atom is -0.263 e. The summed E-state index contributed by atoms with van der Waals surface area (Å²) in [5, 5.41) is 7.87. The number of rotatable bonds is 4. The molecule has 16 heavy (non-hydrogen) atoms. The normalized spacial score (nSPS) is 10.6. The number of nitrogens with one attached hydrogen (secondary N) is 1. The maximum Gasteiger partial charge on any atom is 0.150 e. The summed E-state index contributed by atoms with van der Waals surface area (Å²) in [5.74, 6) is 1.78. The SMILES string of the molecule is CCCc1n[nH]c(Cc2cccc(Cl)c2)n1. The van der Waals surface area contributed by atoms with Crippen molar-refractivity contribution in [2.45, 2.75) is 26.2 Å². The lowest BCUT2D eigenvalue weighted by Crippen LogP contribution is -1.91. The van der Waals surface area contributed by atoms with Gasteiger partial charge in [0.05, 0.1) is 0 Å². The van der Waals surface area contributed by atoms with Crippen molar-refractivity contribution in [1.29, 1.82) is 0 Å². The number of hydrogen-bond acceptors (Lipinski definition) is 2. The van der Waals surface area contributed by atoms with Crippen LogP contribution in [0.4, 0.5) is 0 Å². The first-order chi connectivity index (χ1) is 7.78. The molecule has 2 aromatic rings. The number of nitrogens with zero attached hydrogens (tertiary/aromatic N) is 2. The van der Waals surface area contributed by atoms with Crippen molar-refractivity contribution in [3.63, 3.8) is 0 Å². The second-order valence-electron chi connectivity index (χ2n) is 3.76. The van der Waals surface area contributed by atoms with Crippen molar-refractivity contribution in [1.82, 2.24) is 15.2 Å². The van der Waals surface area contributed by atoms with Crippen molar-refractivity contribution in [3.8, 4) is 0 Å². The molecule has 0 amide bonds. The molecule has 3 nitrogen and oxygen atoms in total. The Hall–Kier alpha value is -1.35. The summed E-state index contributed by atoms with van der Waals surface area (Å²) in [6, 6.07) is 7.80. The van der Waals surface area contributed by atoms with Gasteiger partial charge in [-0.1, -0.05) is 30.7 Å². The molecule has 0 spiro atoms. The standard InChI is InChI=1S/C12H14ClN3/c1-2-4-11-14-12(16-15-11)8-9-5-3-6-10(13)7-9/h3,5-7H,2,4,8H2,1H3,(H,14,15,16). The van der Waals surface area contributed by atoms with Gasteiger partial charge < -0.3 is 0 Å². The van der Waals surface area contributed by atoms with Crippen LogP contribution >= 0.6 is 11.6 Å². The molecule has 0 aliphatic heterocycles. The van der Waals surface area contributed by atoms with Crippen molar-refractivity contribution < 1.29 is 0 Å². The van der Waals surface area contributed by atoms with E-state index in [0.29, 0.717) is 0 Å². The Kier molecular flexibility index (Phi) is 3.57. The van der Waals surface area contributed by atoms with Crippen LogP contribution in [0.25, 0.3) is 0 Å². The van der Waals surface area contributed by atoms with Crippen molar-refractivity contribution in [2.24, 2.45) is 0 Å². The molecule has 0 atom stereocenters. The fourth-order valence-electron chi connectivity index (χ4n) is 1.59. The molecule has 0 saturated carbocycles. The number of aromatic amines is 1. The molecule has 4 heteroatoms. The topological polar surface area (TPSA) is 41.6 Å². The molecule has 0 aliphatic carbocycles. The van der Waals surface area contributed by atoms with E-state index in [1.165, 1.54) is 0 Å². The molecule has 0 bridgehead atoms. The summed E-state index contributed by atoms with van der Waals surface area (Å²) in [6.07, 6.45) is 2.73. The van der Waals surface area contributed by atoms with Gasteiger partial charge in [-0.15, -0.1) is 0 Å². The highest BCUT2D eigenvalue weighted by molar-refractivity contribution is 6.30. The average molecular weight is 236 g/mol. The van der Waals surface area contributed by atoms with Crippen LogP contribution < -0.4 is 0 Å². The number of hydrogen-bond donors (Lipinski definition) is 1. The van der Waals surface area contributed by atoms with E-state index in [1.807, 2.05) is 24.3 Å². The van der Waals surface area contributed by atoms with Crippen molar-refractivity contribution >= 4 is 11.6 Å². The van der Waals surface area contributed by atoms with Gasteiger partial charge >= 0.3 is 0 Å². The van der Waals surface area contributed by atoms with Crippen LogP contribution in [-0.4, -0.2) is 15.2 Å². The Morgan fingerprint density at radius 3 is 3.00 bits per heavy atom. The highest BCUT2D eigenvalue weighted by Crippen LogP contribution is 2.13. The summed E-state index contributed by atoms with van der Waals surface area (Å²) >= 11 is 5.92. The van der Waals surface area contributed by atoms with Crippen LogP contribution in [-0.2, 0) is 12.8 Å².